The number of hydrogen-bond donors (Lipinski definition) is 3. The van der Waals surface area contributed by atoms with Crippen LogP contribution in [0.4, 0.5) is 21.7 Å². The van der Waals surface area contributed by atoms with Gasteiger partial charge in [-0.3, -0.25) is 9.11 Å². The third-order valence-corrected chi connectivity index (χ3v) is 5.68. The van der Waals surface area contributed by atoms with E-state index in [0.717, 1.165) is 12.1 Å². The van der Waals surface area contributed by atoms with Crippen molar-refractivity contribution in [2.45, 2.75) is 16.2 Å². The lowest BCUT2D eigenvalue weighted by molar-refractivity contribution is 0.481. The predicted molar refractivity (Wildman–Crippen MR) is 109 cm³/mol. The van der Waals surface area contributed by atoms with Crippen LogP contribution < -0.4 is 5.32 Å². The highest BCUT2D eigenvalue weighted by Crippen LogP contribution is 2.29. The van der Waals surface area contributed by atoms with Gasteiger partial charge in [0.2, 0.25) is 5.95 Å². The smallest absolute Gasteiger partial charge is 0.313 e. The summed E-state index contributed by atoms with van der Waals surface area (Å²) in [6.45, 7) is 0. The first-order valence-corrected chi connectivity index (χ1v) is 11.5. The number of nitrogens with zero attached hydrogens (tertiary/aromatic N) is 5. The van der Waals surface area contributed by atoms with Gasteiger partial charge >= 0.3 is 6.08 Å². The van der Waals surface area contributed by atoms with Crippen LogP contribution in [-0.4, -0.2) is 40.9 Å². The molecule has 12 nitrogen and oxygen atoms in total. The van der Waals surface area contributed by atoms with Gasteiger partial charge in [0, 0.05) is 12.1 Å². The molecule has 2 aromatic carbocycles. The summed E-state index contributed by atoms with van der Waals surface area (Å²) in [5.74, 6) is -0.325. The van der Waals surface area contributed by atoms with E-state index in [-0.39, 0.29) is 34.5 Å². The van der Waals surface area contributed by atoms with Gasteiger partial charge in [-0.2, -0.15) is 36.2 Å². The highest BCUT2D eigenvalue weighted by atomic mass is 35.5. The summed E-state index contributed by atoms with van der Waals surface area (Å²) < 4.78 is 80.6. The summed E-state index contributed by atoms with van der Waals surface area (Å²) in [5.41, 5.74) is 0.227. The van der Waals surface area contributed by atoms with Crippen LogP contribution >= 0.6 is 11.8 Å². The molecule has 0 radical (unpaired) electrons. The van der Waals surface area contributed by atoms with E-state index in [9.17, 15) is 25.8 Å². The van der Waals surface area contributed by atoms with Crippen LogP contribution in [-0.2, 0) is 26.7 Å². The second kappa shape index (κ2) is 9.17. The molecular formula is C16H12ClFN6O6S2. The van der Waals surface area contributed by atoms with Crippen molar-refractivity contribution in [3.8, 4) is 0 Å². The van der Waals surface area contributed by atoms with Crippen LogP contribution in [0.25, 0.3) is 0 Å². The van der Waals surface area contributed by atoms with E-state index >= 15 is 0 Å². The maximum Gasteiger partial charge on any atom is 0.313 e. The number of hydrogen-bond acceptors (Lipinski definition) is 10. The third kappa shape index (κ3) is 5.98. The van der Waals surface area contributed by atoms with Crippen LogP contribution in [0, 0.1) is 6.08 Å². The Balaban J connectivity index is 1.91. The van der Waals surface area contributed by atoms with Gasteiger partial charge in [-0.05, 0) is 35.9 Å². The summed E-state index contributed by atoms with van der Waals surface area (Å²) in [6.07, 6.45) is -1.23. The Bertz CT molecular complexity index is 1420. The largest absolute Gasteiger partial charge is 0.324 e. The first-order valence-electron chi connectivity index (χ1n) is 8.33. The molecule has 0 atom stereocenters. The average molecular weight is 503 g/mol. The van der Waals surface area contributed by atoms with E-state index in [1.807, 2.05) is 0 Å². The first-order chi connectivity index (χ1) is 15.0. The molecule has 0 aliphatic carbocycles. The quantitative estimate of drug-likeness (QED) is 0.320. The Morgan fingerprint density at radius 2 is 1.75 bits per heavy atom. The first kappa shape index (κ1) is 23.6. The van der Waals surface area contributed by atoms with E-state index < -0.39 is 31.2 Å². The Morgan fingerprint density at radius 1 is 1.00 bits per heavy atom. The molecule has 0 aliphatic rings. The molecule has 3 rings (SSSR count). The van der Waals surface area contributed by atoms with Crippen LogP contribution in [0.15, 0.2) is 62.0 Å². The summed E-state index contributed by atoms with van der Waals surface area (Å²) in [5, 5.41) is 6.03. The second-order valence-electron chi connectivity index (χ2n) is 6.10. The minimum absolute atomic E-state index is 0.0669. The van der Waals surface area contributed by atoms with Crippen molar-refractivity contribution in [3.63, 3.8) is 0 Å². The Morgan fingerprint density at radius 3 is 2.41 bits per heavy atom. The van der Waals surface area contributed by atoms with Gasteiger partial charge in [0.25, 0.3) is 20.2 Å². The van der Waals surface area contributed by atoms with E-state index in [2.05, 4.69) is 30.0 Å². The fourth-order valence-electron chi connectivity index (χ4n) is 2.59. The van der Waals surface area contributed by atoms with Crippen molar-refractivity contribution >= 4 is 49.3 Å². The molecular weight excluding hydrogens is 491 g/mol. The molecule has 0 fully saturated rings. The van der Waals surface area contributed by atoms with E-state index in [4.69, 9.17) is 16.3 Å². The van der Waals surface area contributed by atoms with Crippen LogP contribution in [0.1, 0.15) is 11.4 Å². The molecule has 0 spiro atoms. The average Bonchev–Trinajstić information content (AvgIpc) is 2.66. The van der Waals surface area contributed by atoms with E-state index in [1.165, 1.54) is 30.3 Å². The monoisotopic (exact) mass is 502 g/mol. The zero-order chi connectivity index (χ0) is 23.5. The Kier molecular flexibility index (Phi) is 6.75. The molecule has 3 aromatic rings. The number of aromatic nitrogens is 3. The molecule has 168 valence electrons. The molecule has 1 aromatic heterocycles. The number of benzene rings is 2. The van der Waals surface area contributed by atoms with Crippen molar-refractivity contribution in [1.29, 1.82) is 0 Å². The summed E-state index contributed by atoms with van der Waals surface area (Å²) in [7, 11) is -9.03. The minimum atomic E-state index is -4.61. The molecule has 0 aliphatic heterocycles. The summed E-state index contributed by atoms with van der Waals surface area (Å²) >= 11 is 5.15. The Labute approximate surface area is 185 Å². The van der Waals surface area contributed by atoms with Gasteiger partial charge in [0.1, 0.15) is 16.4 Å². The molecule has 0 unspecified atom stereocenters. The zero-order valence-electron chi connectivity index (χ0n) is 15.6. The minimum Gasteiger partial charge on any atom is -0.324 e. The van der Waals surface area contributed by atoms with Gasteiger partial charge < -0.3 is 5.32 Å². The molecule has 0 saturated heterocycles. The van der Waals surface area contributed by atoms with Crippen molar-refractivity contribution in [2.24, 2.45) is 9.75 Å². The fraction of sp³-hybridized carbons (Fsp3) is 0.0625. The standard InChI is InChI=1S/C16H12ClFN6O6S2/c17-24-23-12-8-10(4-5-13(12)32(28,29)30)19-16-21-14(20-15(18)22-16)7-9-2-1-3-11(6-9)31(25,26)27/h1-6,8H,7H2,(H,25,26,27)(H,28,29,30)(H,19,20,21,22). The normalized spacial score (nSPS) is 12.2. The predicted octanol–water partition coefficient (Wildman–Crippen LogP) is 3.08. The van der Waals surface area contributed by atoms with Gasteiger partial charge in [-0.25, -0.2) is 0 Å². The lowest BCUT2D eigenvalue weighted by Gasteiger charge is -2.09. The van der Waals surface area contributed by atoms with Crippen molar-refractivity contribution in [3.05, 3.63) is 59.9 Å². The van der Waals surface area contributed by atoms with Gasteiger partial charge in [0.05, 0.1) is 16.7 Å². The summed E-state index contributed by atoms with van der Waals surface area (Å²) in [6, 6.07) is 8.67. The number of anilines is 2. The second-order valence-corrected chi connectivity index (χ2v) is 9.06. The molecule has 16 heteroatoms. The molecule has 32 heavy (non-hydrogen) atoms. The lowest BCUT2D eigenvalue weighted by Crippen LogP contribution is -2.07. The number of halogens is 2. The van der Waals surface area contributed by atoms with Crippen molar-refractivity contribution in [2.75, 3.05) is 5.32 Å². The van der Waals surface area contributed by atoms with E-state index in [0.29, 0.717) is 5.56 Å². The lowest BCUT2D eigenvalue weighted by atomic mass is 10.1. The highest BCUT2D eigenvalue weighted by Gasteiger charge is 2.17. The van der Waals surface area contributed by atoms with E-state index in [1.54, 1.807) is 0 Å². The Hall–Kier alpha value is -3.11. The molecule has 0 saturated carbocycles. The highest BCUT2D eigenvalue weighted by molar-refractivity contribution is 7.86. The molecule has 1 heterocycles. The maximum atomic E-state index is 13.9. The van der Waals surface area contributed by atoms with Crippen LogP contribution in [0.5, 0.6) is 0 Å². The van der Waals surface area contributed by atoms with Crippen molar-refractivity contribution < 1.29 is 30.3 Å². The SMILES string of the molecule is O=S(=O)(O)c1cccc(Cc2nc(F)nc(Nc3ccc(S(=O)(=O)O)c(N=NCl)c3)n2)c1. The fourth-order valence-corrected chi connectivity index (χ4v) is 3.82. The summed E-state index contributed by atoms with van der Waals surface area (Å²) in [4.78, 5) is 10.2. The van der Waals surface area contributed by atoms with Crippen LogP contribution in [0.2, 0.25) is 0 Å². The van der Waals surface area contributed by atoms with Gasteiger partial charge in [-0.1, -0.05) is 16.8 Å². The molecule has 0 bridgehead atoms. The molecule has 0 amide bonds. The topological polar surface area (TPSA) is 184 Å². The van der Waals surface area contributed by atoms with Crippen LogP contribution in [0.3, 0.4) is 0 Å². The van der Waals surface area contributed by atoms with Gasteiger partial charge in [-0.15, -0.1) is 5.11 Å². The number of nitrogens with one attached hydrogen (secondary N) is 1. The number of rotatable bonds is 7. The van der Waals surface area contributed by atoms with Gasteiger partial charge in [0.15, 0.2) is 0 Å². The maximum absolute atomic E-state index is 13.9. The third-order valence-electron chi connectivity index (χ3n) is 3.85. The zero-order valence-corrected chi connectivity index (χ0v) is 18.0. The molecule has 3 N–H and O–H groups in total. The van der Waals surface area contributed by atoms with Crippen molar-refractivity contribution in [1.82, 2.24) is 15.0 Å².